The first-order chi connectivity index (χ1) is 19.2. The van der Waals surface area contributed by atoms with Gasteiger partial charge in [0, 0.05) is 0 Å². The molecule has 0 saturated carbocycles. The predicted molar refractivity (Wildman–Crippen MR) is 174 cm³/mol. The molecule has 0 fully saturated rings. The minimum atomic E-state index is -3.35. The van der Waals surface area contributed by atoms with Gasteiger partial charge in [0.2, 0.25) is 0 Å². The summed E-state index contributed by atoms with van der Waals surface area (Å²) in [6.45, 7) is 4.35. The van der Waals surface area contributed by atoms with Gasteiger partial charge in [-0.1, -0.05) is 0 Å². The molecule has 0 aliphatic heterocycles. The van der Waals surface area contributed by atoms with E-state index in [-0.39, 0.29) is 11.7 Å². The average Bonchev–Trinajstić information content (AvgIpc) is 2.99. The Kier molecular flexibility index (Phi) is 7.90. The van der Waals surface area contributed by atoms with Crippen molar-refractivity contribution in [3.63, 3.8) is 0 Å². The number of benzene rings is 4. The number of hydrogen-bond acceptors (Lipinski definition) is 3. The molecule has 0 bridgehead atoms. The summed E-state index contributed by atoms with van der Waals surface area (Å²) in [5.74, 6) is 0.509. The topological polar surface area (TPSA) is 29.0 Å². The Balaban J connectivity index is 1.93. The van der Waals surface area contributed by atoms with Crippen LogP contribution in [-0.2, 0) is 6.16 Å². The van der Waals surface area contributed by atoms with Gasteiger partial charge in [-0.3, -0.25) is 0 Å². The Morgan fingerprint density at radius 1 is 0.700 bits per heavy atom. The van der Waals surface area contributed by atoms with Crippen LogP contribution in [0.25, 0.3) is 11.3 Å². The van der Waals surface area contributed by atoms with Crippen molar-refractivity contribution in [2.45, 2.75) is 25.9 Å². The average molecular weight is 615 g/mol. The zero-order chi connectivity index (χ0) is 28.4. The first-order valence-electron chi connectivity index (χ1n) is 13.5. The molecule has 0 saturated heterocycles. The van der Waals surface area contributed by atoms with Gasteiger partial charge in [0.25, 0.3) is 0 Å². The van der Waals surface area contributed by atoms with Crippen molar-refractivity contribution >= 4 is 42.7 Å². The van der Waals surface area contributed by atoms with Crippen LogP contribution in [0, 0.1) is 5.82 Å². The summed E-state index contributed by atoms with van der Waals surface area (Å²) in [5.41, 5.74) is 3.77. The van der Waals surface area contributed by atoms with Crippen molar-refractivity contribution in [1.82, 2.24) is 9.97 Å². The number of halogens is 2. The molecule has 0 spiro atoms. The Labute approximate surface area is 244 Å². The molecule has 204 valence electrons. The SMILES string of the molecule is CC(C)c1nc(N(C)C)nc(-c2ccc(F)cc2)c1CP(Br)(c1ccccc1)(c1ccccc1)c1ccccc1. The summed E-state index contributed by atoms with van der Waals surface area (Å²) in [6.07, 6.45) is 0.650. The summed E-state index contributed by atoms with van der Waals surface area (Å²) >= 11 is 4.61. The van der Waals surface area contributed by atoms with Crippen LogP contribution in [0.1, 0.15) is 31.0 Å². The van der Waals surface area contributed by atoms with Crippen molar-refractivity contribution in [3.8, 4) is 11.3 Å². The van der Waals surface area contributed by atoms with E-state index in [2.05, 4.69) is 120 Å². The normalized spacial score (nSPS) is 12.6. The molecule has 0 radical (unpaired) electrons. The molecule has 0 atom stereocenters. The molecule has 5 aromatic rings. The quantitative estimate of drug-likeness (QED) is 0.167. The van der Waals surface area contributed by atoms with E-state index in [1.807, 2.05) is 31.1 Å². The van der Waals surface area contributed by atoms with E-state index >= 15 is 0 Å². The number of rotatable bonds is 8. The molecule has 5 rings (SSSR count). The second kappa shape index (κ2) is 11.2. The maximum atomic E-state index is 14.1. The fraction of sp³-hybridized carbons (Fsp3) is 0.176. The summed E-state index contributed by atoms with van der Waals surface area (Å²) < 4.78 is 14.1. The monoisotopic (exact) mass is 613 g/mol. The van der Waals surface area contributed by atoms with Crippen LogP contribution >= 0.6 is 20.8 Å². The van der Waals surface area contributed by atoms with Crippen molar-refractivity contribution < 1.29 is 4.39 Å². The van der Waals surface area contributed by atoms with Crippen LogP contribution in [0.5, 0.6) is 0 Å². The van der Waals surface area contributed by atoms with Gasteiger partial charge in [0.15, 0.2) is 0 Å². The number of anilines is 1. The molecule has 0 amide bonds. The standard InChI is InChI=1S/C34H34BrFN3P/c1-25(2)32-31(33(38-34(37-32)39(3)4)26-20-22-27(36)23-21-26)24-40(35,28-14-8-5-9-15-28,29-16-10-6-11-17-29)30-18-12-7-13-19-30/h5-23,25H,24H2,1-4H3. The Morgan fingerprint density at radius 3 is 1.55 bits per heavy atom. The molecule has 1 aromatic heterocycles. The summed E-state index contributed by atoms with van der Waals surface area (Å²) in [5, 5.41) is 0.327. The summed E-state index contributed by atoms with van der Waals surface area (Å²) in [6, 6.07) is 38.9. The van der Waals surface area contributed by atoms with E-state index in [0.717, 1.165) is 22.5 Å². The maximum absolute atomic E-state index is 14.1. The first kappa shape index (κ1) is 28.1. The second-order valence-corrected chi connectivity index (χ2v) is 19.6. The molecule has 1 heterocycles. The van der Waals surface area contributed by atoms with E-state index < -0.39 is 5.31 Å². The predicted octanol–water partition coefficient (Wildman–Crippen LogP) is 7.81. The van der Waals surface area contributed by atoms with Crippen LogP contribution in [0.15, 0.2) is 115 Å². The molecule has 0 aliphatic rings. The van der Waals surface area contributed by atoms with Crippen LogP contribution in [-0.4, -0.2) is 24.1 Å². The first-order valence-corrected chi connectivity index (χ1v) is 17.9. The summed E-state index contributed by atoms with van der Waals surface area (Å²) in [7, 11) is 3.91. The van der Waals surface area contributed by atoms with Crippen LogP contribution in [0.2, 0.25) is 0 Å². The minimum absolute atomic E-state index is 0.138. The molecule has 0 unspecified atom stereocenters. The van der Waals surface area contributed by atoms with Crippen molar-refractivity contribution in [1.29, 1.82) is 0 Å². The third-order valence-electron chi connectivity index (χ3n) is 7.43. The third kappa shape index (κ3) is 4.98. The van der Waals surface area contributed by atoms with E-state index in [4.69, 9.17) is 9.97 Å². The van der Waals surface area contributed by atoms with Crippen molar-refractivity contribution in [2.75, 3.05) is 19.0 Å². The van der Waals surface area contributed by atoms with Gasteiger partial charge in [-0.15, -0.1) is 0 Å². The molecule has 40 heavy (non-hydrogen) atoms. The van der Waals surface area contributed by atoms with Crippen molar-refractivity contribution in [2.24, 2.45) is 0 Å². The zero-order valence-electron chi connectivity index (χ0n) is 23.3. The second-order valence-electron chi connectivity index (χ2n) is 10.6. The fourth-order valence-corrected chi connectivity index (χ4v) is 13.0. The molecular formula is C34H34BrFN3P. The van der Waals surface area contributed by atoms with Crippen molar-refractivity contribution in [3.05, 3.63) is 132 Å². The van der Waals surface area contributed by atoms with Gasteiger partial charge >= 0.3 is 246 Å². The van der Waals surface area contributed by atoms with Gasteiger partial charge in [0.05, 0.1) is 0 Å². The van der Waals surface area contributed by atoms with Gasteiger partial charge in [-0.05, 0) is 0 Å². The number of nitrogens with zero attached hydrogens (tertiary/aromatic N) is 3. The number of aromatic nitrogens is 2. The zero-order valence-corrected chi connectivity index (χ0v) is 25.8. The summed E-state index contributed by atoms with van der Waals surface area (Å²) in [4.78, 5) is 12.1. The van der Waals surface area contributed by atoms with E-state index in [9.17, 15) is 4.39 Å². The molecule has 0 aliphatic carbocycles. The molecule has 3 nitrogen and oxygen atoms in total. The van der Waals surface area contributed by atoms with Gasteiger partial charge < -0.3 is 0 Å². The van der Waals surface area contributed by atoms with E-state index in [0.29, 0.717) is 12.1 Å². The number of hydrogen-bond donors (Lipinski definition) is 0. The Bertz CT molecular complexity index is 1490. The van der Waals surface area contributed by atoms with Crippen LogP contribution in [0.4, 0.5) is 10.3 Å². The molecular weight excluding hydrogens is 580 g/mol. The molecule has 6 heteroatoms. The third-order valence-corrected chi connectivity index (χ3v) is 16.9. The van der Waals surface area contributed by atoms with E-state index in [1.54, 1.807) is 0 Å². The van der Waals surface area contributed by atoms with Gasteiger partial charge in [-0.25, -0.2) is 0 Å². The van der Waals surface area contributed by atoms with E-state index in [1.165, 1.54) is 28.0 Å². The molecule has 4 aromatic carbocycles. The Morgan fingerprint density at radius 2 is 1.15 bits per heavy atom. The van der Waals surface area contributed by atoms with Crippen LogP contribution in [0.3, 0.4) is 0 Å². The van der Waals surface area contributed by atoms with Gasteiger partial charge in [0.1, 0.15) is 0 Å². The molecule has 0 N–H and O–H groups in total. The van der Waals surface area contributed by atoms with Gasteiger partial charge in [-0.2, -0.15) is 0 Å². The fourth-order valence-electron chi connectivity index (χ4n) is 5.40. The Hall–Kier alpha value is -3.40. The van der Waals surface area contributed by atoms with Crippen LogP contribution < -0.4 is 20.8 Å².